The number of nitrogens with zero attached hydrogens (tertiary/aromatic N) is 3. The standard InChI is InChI=1S/C13H16N4O2/c1-13(2)9-15-6-7-16(13)11-5-3-4-10(8-14)12(11)17(18)19/h3-5,15H,6-7,9H2,1-2H3. The lowest BCUT2D eigenvalue weighted by molar-refractivity contribution is -0.384. The molecule has 0 bridgehead atoms. The number of anilines is 1. The number of hydrogen-bond acceptors (Lipinski definition) is 5. The van der Waals surface area contributed by atoms with E-state index >= 15 is 0 Å². The summed E-state index contributed by atoms with van der Waals surface area (Å²) in [6.45, 7) is 6.27. The van der Waals surface area contributed by atoms with E-state index < -0.39 is 4.92 Å². The smallest absolute Gasteiger partial charge is 0.310 e. The number of piperazine rings is 1. The van der Waals surface area contributed by atoms with Gasteiger partial charge in [0, 0.05) is 25.2 Å². The van der Waals surface area contributed by atoms with Gasteiger partial charge in [-0.3, -0.25) is 10.1 Å². The number of nitro groups is 1. The van der Waals surface area contributed by atoms with Crippen molar-refractivity contribution < 1.29 is 4.92 Å². The van der Waals surface area contributed by atoms with Crippen LogP contribution in [0, 0.1) is 21.4 Å². The fourth-order valence-corrected chi connectivity index (χ4v) is 2.46. The Morgan fingerprint density at radius 2 is 2.26 bits per heavy atom. The molecule has 1 N–H and O–H groups in total. The highest BCUT2D eigenvalue weighted by Crippen LogP contribution is 2.35. The van der Waals surface area contributed by atoms with Crippen molar-refractivity contribution in [3.8, 4) is 6.07 Å². The fourth-order valence-electron chi connectivity index (χ4n) is 2.46. The molecule has 1 aromatic rings. The van der Waals surface area contributed by atoms with E-state index in [2.05, 4.69) is 5.32 Å². The largest absolute Gasteiger partial charge is 0.358 e. The summed E-state index contributed by atoms with van der Waals surface area (Å²) in [6.07, 6.45) is 0. The molecule has 0 atom stereocenters. The molecule has 6 heteroatoms. The molecular formula is C13H16N4O2. The van der Waals surface area contributed by atoms with Gasteiger partial charge in [-0.25, -0.2) is 0 Å². The van der Waals surface area contributed by atoms with Crippen LogP contribution in [0.25, 0.3) is 0 Å². The predicted molar refractivity (Wildman–Crippen MR) is 72.1 cm³/mol. The molecule has 0 amide bonds. The third-order valence-electron chi connectivity index (χ3n) is 3.41. The zero-order valence-corrected chi connectivity index (χ0v) is 11.0. The summed E-state index contributed by atoms with van der Waals surface area (Å²) < 4.78 is 0. The number of rotatable bonds is 2. The number of nitriles is 1. The maximum Gasteiger partial charge on any atom is 0.310 e. The van der Waals surface area contributed by atoms with E-state index in [1.165, 1.54) is 6.07 Å². The van der Waals surface area contributed by atoms with Crippen molar-refractivity contribution >= 4 is 11.4 Å². The first-order valence-corrected chi connectivity index (χ1v) is 6.13. The van der Waals surface area contributed by atoms with Gasteiger partial charge in [0.05, 0.1) is 4.92 Å². The Kier molecular flexibility index (Phi) is 3.40. The van der Waals surface area contributed by atoms with Crippen molar-refractivity contribution in [2.45, 2.75) is 19.4 Å². The minimum absolute atomic E-state index is 0.0972. The molecule has 0 spiro atoms. The molecule has 1 aliphatic rings. The second-order valence-electron chi connectivity index (χ2n) is 5.18. The monoisotopic (exact) mass is 260 g/mol. The molecule has 6 nitrogen and oxygen atoms in total. The number of nitro benzene ring substituents is 1. The molecule has 2 rings (SSSR count). The lowest BCUT2D eigenvalue weighted by atomic mass is 9.98. The topological polar surface area (TPSA) is 82.2 Å². The zero-order chi connectivity index (χ0) is 14.0. The summed E-state index contributed by atoms with van der Waals surface area (Å²) in [6, 6.07) is 6.79. The van der Waals surface area contributed by atoms with Crippen LogP contribution in [0.5, 0.6) is 0 Å². The average molecular weight is 260 g/mol. The van der Waals surface area contributed by atoms with Crippen LogP contribution in [0.4, 0.5) is 11.4 Å². The molecule has 1 aliphatic heterocycles. The molecule has 1 fully saturated rings. The molecule has 19 heavy (non-hydrogen) atoms. The molecular weight excluding hydrogens is 244 g/mol. The highest BCUT2D eigenvalue weighted by molar-refractivity contribution is 5.71. The van der Waals surface area contributed by atoms with Crippen LogP contribution in [0.1, 0.15) is 19.4 Å². The van der Waals surface area contributed by atoms with Crippen LogP contribution in [-0.2, 0) is 0 Å². The van der Waals surface area contributed by atoms with Crippen LogP contribution >= 0.6 is 0 Å². The molecule has 0 aromatic heterocycles. The number of hydrogen-bond donors (Lipinski definition) is 1. The van der Waals surface area contributed by atoms with Gasteiger partial charge in [-0.15, -0.1) is 0 Å². The highest BCUT2D eigenvalue weighted by Gasteiger charge is 2.34. The Hall–Kier alpha value is -2.13. The van der Waals surface area contributed by atoms with Gasteiger partial charge in [-0.05, 0) is 26.0 Å². The summed E-state index contributed by atoms with van der Waals surface area (Å²) >= 11 is 0. The van der Waals surface area contributed by atoms with Gasteiger partial charge >= 0.3 is 5.69 Å². The first-order valence-electron chi connectivity index (χ1n) is 6.13. The van der Waals surface area contributed by atoms with Crippen molar-refractivity contribution in [2.24, 2.45) is 0 Å². The summed E-state index contributed by atoms with van der Waals surface area (Å²) in [4.78, 5) is 12.8. The second-order valence-corrected chi connectivity index (χ2v) is 5.18. The first kappa shape index (κ1) is 13.3. The van der Waals surface area contributed by atoms with Gasteiger partial charge in [0.15, 0.2) is 0 Å². The van der Waals surface area contributed by atoms with E-state index in [0.717, 1.165) is 13.1 Å². The molecule has 1 aromatic carbocycles. The van der Waals surface area contributed by atoms with Gasteiger partial charge in [-0.1, -0.05) is 6.07 Å². The van der Waals surface area contributed by atoms with Gasteiger partial charge in [0.2, 0.25) is 0 Å². The van der Waals surface area contributed by atoms with Crippen molar-refractivity contribution in [3.05, 3.63) is 33.9 Å². The van der Waals surface area contributed by atoms with Crippen molar-refractivity contribution in [3.63, 3.8) is 0 Å². The van der Waals surface area contributed by atoms with Crippen molar-refractivity contribution in [2.75, 3.05) is 24.5 Å². The number of para-hydroxylation sites is 1. The Labute approximate surface area is 111 Å². The molecule has 0 unspecified atom stereocenters. The summed E-state index contributed by atoms with van der Waals surface area (Å²) in [5.41, 5.74) is 0.309. The van der Waals surface area contributed by atoms with Crippen LogP contribution in [0.2, 0.25) is 0 Å². The third kappa shape index (κ3) is 2.37. The minimum atomic E-state index is -0.466. The van der Waals surface area contributed by atoms with Crippen LogP contribution < -0.4 is 10.2 Å². The van der Waals surface area contributed by atoms with Crippen LogP contribution in [0.3, 0.4) is 0 Å². The van der Waals surface area contributed by atoms with Gasteiger partial charge in [-0.2, -0.15) is 5.26 Å². The van der Waals surface area contributed by atoms with Gasteiger partial charge in [0.1, 0.15) is 17.3 Å². The first-order chi connectivity index (χ1) is 8.97. The highest BCUT2D eigenvalue weighted by atomic mass is 16.6. The van der Waals surface area contributed by atoms with Crippen LogP contribution in [-0.4, -0.2) is 30.1 Å². The van der Waals surface area contributed by atoms with Crippen molar-refractivity contribution in [1.29, 1.82) is 5.26 Å². The Balaban J connectivity index is 2.56. The lowest BCUT2D eigenvalue weighted by Gasteiger charge is -2.44. The fraction of sp³-hybridized carbons (Fsp3) is 0.462. The van der Waals surface area contributed by atoms with Crippen molar-refractivity contribution in [1.82, 2.24) is 5.32 Å². The Morgan fingerprint density at radius 1 is 1.53 bits per heavy atom. The Bertz CT molecular complexity index is 548. The van der Waals surface area contributed by atoms with Crippen LogP contribution in [0.15, 0.2) is 18.2 Å². The maximum atomic E-state index is 11.3. The predicted octanol–water partition coefficient (Wildman–Crippen LogP) is 1.65. The molecule has 0 saturated carbocycles. The number of benzene rings is 1. The van der Waals surface area contributed by atoms with E-state index in [-0.39, 0.29) is 16.8 Å². The van der Waals surface area contributed by atoms with Gasteiger partial charge in [0.25, 0.3) is 0 Å². The molecule has 0 aliphatic carbocycles. The average Bonchev–Trinajstić information content (AvgIpc) is 2.37. The van der Waals surface area contributed by atoms with E-state index in [9.17, 15) is 10.1 Å². The van der Waals surface area contributed by atoms with E-state index in [0.29, 0.717) is 12.2 Å². The zero-order valence-electron chi connectivity index (χ0n) is 11.0. The van der Waals surface area contributed by atoms with E-state index in [4.69, 9.17) is 5.26 Å². The van der Waals surface area contributed by atoms with Gasteiger partial charge < -0.3 is 10.2 Å². The summed E-state index contributed by atoms with van der Waals surface area (Å²) in [7, 11) is 0. The molecule has 100 valence electrons. The molecule has 1 heterocycles. The normalized spacial score (nSPS) is 17.8. The Morgan fingerprint density at radius 3 is 2.84 bits per heavy atom. The third-order valence-corrected chi connectivity index (χ3v) is 3.41. The lowest BCUT2D eigenvalue weighted by Crippen LogP contribution is -2.58. The minimum Gasteiger partial charge on any atom is -0.358 e. The summed E-state index contributed by atoms with van der Waals surface area (Å²) in [5, 5.41) is 23.6. The maximum absolute atomic E-state index is 11.3. The molecule has 0 radical (unpaired) electrons. The summed E-state index contributed by atoms with van der Waals surface area (Å²) in [5.74, 6) is 0. The quantitative estimate of drug-likeness (QED) is 0.646. The SMILES string of the molecule is CC1(C)CNCCN1c1cccc(C#N)c1[N+](=O)[O-]. The molecule has 1 saturated heterocycles. The van der Waals surface area contributed by atoms with E-state index in [1.807, 2.05) is 24.8 Å². The van der Waals surface area contributed by atoms with E-state index in [1.54, 1.807) is 12.1 Å². The number of nitrogens with one attached hydrogen (secondary N) is 1. The second kappa shape index (κ2) is 4.86.